The zero-order chi connectivity index (χ0) is 25.1. The van der Waals surface area contributed by atoms with Crippen LogP contribution in [0.3, 0.4) is 0 Å². The number of aromatic nitrogens is 2. The van der Waals surface area contributed by atoms with E-state index in [1.54, 1.807) is 0 Å². The van der Waals surface area contributed by atoms with Gasteiger partial charge in [-0.05, 0) is 62.1 Å². The summed E-state index contributed by atoms with van der Waals surface area (Å²) in [4.78, 5) is 14.8. The smallest absolute Gasteiger partial charge is 0.159 e. The first kappa shape index (κ1) is 21.9. The van der Waals surface area contributed by atoms with Crippen molar-refractivity contribution < 1.29 is 0 Å². The molecule has 0 N–H and O–H groups in total. The fourth-order valence-electron chi connectivity index (χ4n) is 5.44. The topological polar surface area (TPSA) is 25.8 Å². The van der Waals surface area contributed by atoms with Crippen LogP contribution in [0.1, 0.15) is 0 Å². The molecule has 7 aromatic rings. The molecular weight excluding hydrogens is 501 g/mol. The average Bonchev–Trinajstić information content (AvgIpc) is 3.00. The van der Waals surface area contributed by atoms with Crippen LogP contribution in [-0.4, -0.2) is 9.97 Å². The molecule has 0 aliphatic carbocycles. The third-order valence-corrected chi connectivity index (χ3v) is 9.84. The van der Waals surface area contributed by atoms with Gasteiger partial charge in [-0.25, -0.2) is 9.97 Å². The molecule has 1 aliphatic heterocycles. The molecule has 0 spiro atoms. The molecule has 2 heterocycles. The Labute approximate surface area is 228 Å². The van der Waals surface area contributed by atoms with Gasteiger partial charge in [0, 0.05) is 43.1 Å². The van der Waals surface area contributed by atoms with Gasteiger partial charge in [0.25, 0.3) is 0 Å². The predicted octanol–water partition coefficient (Wildman–Crippen LogP) is 9.89. The third-order valence-electron chi connectivity index (χ3n) is 7.23. The normalized spacial score (nSPS) is 12.5. The minimum Gasteiger partial charge on any atom is -0.236 e. The first-order valence-corrected chi connectivity index (χ1v) is 14.2. The van der Waals surface area contributed by atoms with Gasteiger partial charge in [0.1, 0.15) is 0 Å². The summed E-state index contributed by atoms with van der Waals surface area (Å²) in [6, 6.07) is 39.0. The molecule has 0 amide bonds. The van der Waals surface area contributed by atoms with Crippen LogP contribution in [0.25, 0.3) is 54.8 Å². The Balaban J connectivity index is 1.22. The predicted molar refractivity (Wildman–Crippen MR) is 160 cm³/mol. The highest BCUT2D eigenvalue weighted by molar-refractivity contribution is 8.05. The van der Waals surface area contributed by atoms with Gasteiger partial charge in [-0.15, -0.1) is 0 Å². The molecule has 38 heavy (non-hydrogen) atoms. The minimum atomic E-state index is 0.741. The molecule has 0 fully saturated rings. The van der Waals surface area contributed by atoms with Gasteiger partial charge in [-0.2, -0.15) is 0 Å². The molecule has 0 atom stereocenters. The van der Waals surface area contributed by atoms with Gasteiger partial charge in [-0.1, -0.05) is 108 Å². The van der Waals surface area contributed by atoms with Crippen LogP contribution >= 0.6 is 23.5 Å². The summed E-state index contributed by atoms with van der Waals surface area (Å²) in [7, 11) is 0. The molecule has 0 saturated heterocycles. The maximum Gasteiger partial charge on any atom is 0.159 e. The van der Waals surface area contributed by atoms with Gasteiger partial charge in [0.05, 0.1) is 0 Å². The fraction of sp³-hybridized carbons (Fsp3) is 0. The minimum absolute atomic E-state index is 0.741. The summed E-state index contributed by atoms with van der Waals surface area (Å²) in [6.45, 7) is 0. The van der Waals surface area contributed by atoms with E-state index in [9.17, 15) is 0 Å². The second-order valence-corrected chi connectivity index (χ2v) is 11.6. The Morgan fingerprint density at radius 2 is 0.974 bits per heavy atom. The van der Waals surface area contributed by atoms with Crippen molar-refractivity contribution in [3.63, 3.8) is 0 Å². The molecular formula is C34H20N2S2. The molecule has 2 nitrogen and oxygen atoms in total. The highest BCUT2D eigenvalue weighted by Crippen LogP contribution is 2.51. The van der Waals surface area contributed by atoms with Gasteiger partial charge in [0.2, 0.25) is 0 Å². The molecule has 6 aromatic carbocycles. The Morgan fingerprint density at radius 3 is 1.66 bits per heavy atom. The van der Waals surface area contributed by atoms with Gasteiger partial charge >= 0.3 is 0 Å². The van der Waals surface area contributed by atoms with Crippen LogP contribution in [0.2, 0.25) is 0 Å². The molecule has 1 aliphatic rings. The Bertz CT molecular complexity index is 2000. The van der Waals surface area contributed by atoms with Crippen LogP contribution in [0.5, 0.6) is 0 Å². The van der Waals surface area contributed by atoms with Crippen molar-refractivity contribution >= 4 is 55.8 Å². The Morgan fingerprint density at radius 1 is 0.421 bits per heavy atom. The average molecular weight is 521 g/mol. The van der Waals surface area contributed by atoms with Gasteiger partial charge < -0.3 is 0 Å². The fourth-order valence-corrected chi connectivity index (χ4v) is 7.84. The number of hydrogen-bond donors (Lipinski definition) is 0. The summed E-state index contributed by atoms with van der Waals surface area (Å²) in [5.41, 5.74) is 3.24. The lowest BCUT2D eigenvalue weighted by molar-refractivity contribution is 1.14. The second kappa shape index (κ2) is 8.73. The first-order chi connectivity index (χ1) is 18.8. The van der Waals surface area contributed by atoms with Crippen molar-refractivity contribution in [3.8, 4) is 22.5 Å². The molecule has 0 bridgehead atoms. The van der Waals surface area contributed by atoms with Crippen molar-refractivity contribution in [1.29, 1.82) is 0 Å². The van der Waals surface area contributed by atoms with E-state index in [0.717, 1.165) is 17.0 Å². The summed E-state index contributed by atoms with van der Waals surface area (Å²) in [6.07, 6.45) is 3.93. The maximum atomic E-state index is 4.84. The first-order valence-electron chi connectivity index (χ1n) is 12.6. The lowest BCUT2D eigenvalue weighted by atomic mass is 9.93. The monoisotopic (exact) mass is 520 g/mol. The summed E-state index contributed by atoms with van der Waals surface area (Å²) < 4.78 is 0. The zero-order valence-corrected chi connectivity index (χ0v) is 21.9. The van der Waals surface area contributed by atoms with E-state index in [-0.39, 0.29) is 0 Å². The van der Waals surface area contributed by atoms with E-state index in [0.29, 0.717) is 0 Å². The van der Waals surface area contributed by atoms with Gasteiger partial charge in [0.15, 0.2) is 5.82 Å². The van der Waals surface area contributed by atoms with E-state index in [1.165, 1.54) is 57.5 Å². The van der Waals surface area contributed by atoms with E-state index >= 15 is 0 Å². The van der Waals surface area contributed by atoms with Gasteiger partial charge in [-0.3, -0.25) is 0 Å². The molecule has 1 aromatic heterocycles. The molecule has 0 saturated carbocycles. The quantitative estimate of drug-likeness (QED) is 0.212. The number of fused-ring (bicyclic) bond motifs is 8. The second-order valence-electron chi connectivity index (χ2n) is 9.43. The molecule has 4 heteroatoms. The summed E-state index contributed by atoms with van der Waals surface area (Å²) in [5, 5.41) is 7.57. The molecule has 8 rings (SSSR count). The maximum absolute atomic E-state index is 4.84. The Hall–Kier alpha value is -4.12. The van der Waals surface area contributed by atoms with E-state index < -0.39 is 0 Å². The molecule has 178 valence electrons. The lowest BCUT2D eigenvalue weighted by Gasteiger charge is -2.20. The van der Waals surface area contributed by atoms with Crippen molar-refractivity contribution in [3.05, 3.63) is 122 Å². The molecule has 0 radical (unpaired) electrons. The van der Waals surface area contributed by atoms with E-state index in [4.69, 9.17) is 9.97 Å². The van der Waals surface area contributed by atoms with Crippen molar-refractivity contribution in [2.75, 3.05) is 0 Å². The van der Waals surface area contributed by atoms with Crippen molar-refractivity contribution in [2.24, 2.45) is 0 Å². The van der Waals surface area contributed by atoms with E-state index in [1.807, 2.05) is 35.9 Å². The SMILES string of the molecule is c1ccc2c(c1)Sc1cccc(-c3cnc(-c4ccc5c6ccccc6c6ccccc6c5c4)nc3)c1S2. The van der Waals surface area contributed by atoms with Crippen LogP contribution in [-0.2, 0) is 0 Å². The van der Waals surface area contributed by atoms with Crippen LogP contribution < -0.4 is 0 Å². The highest BCUT2D eigenvalue weighted by atomic mass is 32.2. The summed E-state index contributed by atoms with van der Waals surface area (Å²) in [5.74, 6) is 0.741. The van der Waals surface area contributed by atoms with Crippen LogP contribution in [0, 0.1) is 0 Å². The number of nitrogens with zero attached hydrogens (tertiary/aromatic N) is 2. The number of benzene rings is 6. The van der Waals surface area contributed by atoms with Crippen molar-refractivity contribution in [1.82, 2.24) is 9.97 Å². The highest BCUT2D eigenvalue weighted by Gasteiger charge is 2.20. The van der Waals surface area contributed by atoms with Crippen LogP contribution in [0.4, 0.5) is 0 Å². The molecule has 0 unspecified atom stereocenters. The lowest BCUT2D eigenvalue weighted by Crippen LogP contribution is -1.94. The van der Waals surface area contributed by atoms with Crippen molar-refractivity contribution in [2.45, 2.75) is 19.6 Å². The largest absolute Gasteiger partial charge is 0.236 e. The standard InChI is InChI=1S/C34H20N2S2/c1-2-10-26-24(8-1)25-9-3-4-11-27(25)29-18-21(16-17-28(26)29)34-35-19-22(20-36-34)23-12-7-15-32-33(23)38-31-14-6-5-13-30(31)37-32/h1-20H. The van der Waals surface area contributed by atoms with E-state index in [2.05, 4.69) is 109 Å². The van der Waals surface area contributed by atoms with Crippen LogP contribution in [0.15, 0.2) is 141 Å². The number of hydrogen-bond acceptors (Lipinski definition) is 4. The third kappa shape index (κ3) is 3.45. The zero-order valence-electron chi connectivity index (χ0n) is 20.3. The number of rotatable bonds is 2. The Kier molecular flexibility index (Phi) is 5.03. The summed E-state index contributed by atoms with van der Waals surface area (Å²) >= 11 is 3.66.